The number of rotatable bonds is 6. The van der Waals surface area contributed by atoms with Crippen molar-refractivity contribution in [3.8, 4) is 5.69 Å². The van der Waals surface area contributed by atoms with Crippen LogP contribution in [0.5, 0.6) is 0 Å². The molecular weight excluding hydrogens is 435 g/mol. The maximum Gasteiger partial charge on any atom is 0.242 e. The zero-order valence-electron chi connectivity index (χ0n) is 16.5. The van der Waals surface area contributed by atoms with Gasteiger partial charge in [0, 0.05) is 10.7 Å². The van der Waals surface area contributed by atoms with Crippen molar-refractivity contribution in [2.45, 2.75) is 17.3 Å². The number of carbonyl (C=O) groups excluding carboxylic acids is 1. The van der Waals surface area contributed by atoms with Crippen molar-refractivity contribution in [2.24, 2.45) is 0 Å². The minimum atomic E-state index is -0.602. The lowest BCUT2D eigenvalue weighted by atomic mass is 10.1. The van der Waals surface area contributed by atoms with E-state index < -0.39 is 5.25 Å². The van der Waals surface area contributed by atoms with E-state index in [9.17, 15) is 9.18 Å². The Morgan fingerprint density at radius 1 is 1.10 bits per heavy atom. The lowest BCUT2D eigenvalue weighted by Crippen LogP contribution is -2.19. The standard InChI is InChI=1S/C23H18ClFN4OS/c1-15-7-12-19(13-20(15)24)29-14-26-28-23(29)31-21(16-5-3-2-4-6-16)22(30)27-18-10-8-17(25)9-11-18/h2-14,21H,1H3,(H,27,30). The van der Waals surface area contributed by atoms with Crippen LogP contribution in [0.2, 0.25) is 5.02 Å². The molecule has 1 aromatic heterocycles. The van der Waals surface area contributed by atoms with Crippen LogP contribution in [0, 0.1) is 12.7 Å². The highest BCUT2D eigenvalue weighted by Crippen LogP contribution is 2.36. The maximum atomic E-state index is 13.2. The summed E-state index contributed by atoms with van der Waals surface area (Å²) in [6.07, 6.45) is 1.59. The molecule has 4 aromatic rings. The Morgan fingerprint density at radius 2 is 1.84 bits per heavy atom. The molecule has 1 heterocycles. The van der Waals surface area contributed by atoms with Crippen LogP contribution < -0.4 is 5.32 Å². The highest BCUT2D eigenvalue weighted by molar-refractivity contribution is 8.00. The number of benzene rings is 3. The van der Waals surface area contributed by atoms with E-state index in [1.807, 2.05) is 55.5 Å². The fourth-order valence-corrected chi connectivity index (χ4v) is 4.17. The molecule has 1 unspecified atom stereocenters. The number of carbonyl (C=O) groups is 1. The predicted molar refractivity (Wildman–Crippen MR) is 121 cm³/mol. The Balaban J connectivity index is 1.65. The van der Waals surface area contributed by atoms with Gasteiger partial charge in [0.2, 0.25) is 5.91 Å². The van der Waals surface area contributed by atoms with Crippen LogP contribution >= 0.6 is 23.4 Å². The predicted octanol–water partition coefficient (Wildman–Crippen LogP) is 5.84. The molecule has 8 heteroatoms. The summed E-state index contributed by atoms with van der Waals surface area (Å²) in [4.78, 5) is 13.2. The summed E-state index contributed by atoms with van der Waals surface area (Å²) in [7, 11) is 0. The number of thioether (sulfide) groups is 1. The number of aryl methyl sites for hydroxylation is 1. The molecule has 3 aromatic carbocycles. The Morgan fingerprint density at radius 3 is 2.55 bits per heavy atom. The average Bonchev–Trinajstić information content (AvgIpc) is 3.24. The van der Waals surface area contributed by atoms with Gasteiger partial charge in [-0.15, -0.1) is 10.2 Å². The van der Waals surface area contributed by atoms with Gasteiger partial charge in [-0.2, -0.15) is 0 Å². The summed E-state index contributed by atoms with van der Waals surface area (Å²) < 4.78 is 15.0. The van der Waals surface area contributed by atoms with E-state index in [1.165, 1.54) is 36.0 Å². The SMILES string of the molecule is Cc1ccc(-n2cnnc2SC(C(=O)Nc2ccc(F)cc2)c2ccccc2)cc1Cl. The van der Waals surface area contributed by atoms with Crippen LogP contribution in [-0.4, -0.2) is 20.7 Å². The minimum absolute atomic E-state index is 0.251. The van der Waals surface area contributed by atoms with Gasteiger partial charge in [-0.1, -0.05) is 59.8 Å². The normalized spacial score (nSPS) is 11.8. The number of halogens is 2. The minimum Gasteiger partial charge on any atom is -0.325 e. The Hall–Kier alpha value is -3.16. The highest BCUT2D eigenvalue weighted by atomic mass is 35.5. The summed E-state index contributed by atoms with van der Waals surface area (Å²) in [5, 5.41) is 11.7. The topological polar surface area (TPSA) is 59.8 Å². The Bertz CT molecular complexity index is 1200. The fourth-order valence-electron chi connectivity index (χ4n) is 2.96. The Labute approximate surface area is 188 Å². The van der Waals surface area contributed by atoms with E-state index in [0.717, 1.165) is 16.8 Å². The van der Waals surface area contributed by atoms with E-state index >= 15 is 0 Å². The molecule has 0 aliphatic rings. The van der Waals surface area contributed by atoms with E-state index in [0.29, 0.717) is 15.9 Å². The first-order chi connectivity index (χ1) is 15.0. The van der Waals surface area contributed by atoms with Crippen LogP contribution in [0.4, 0.5) is 10.1 Å². The van der Waals surface area contributed by atoms with E-state index in [-0.39, 0.29) is 11.7 Å². The van der Waals surface area contributed by atoms with Crippen molar-refractivity contribution >= 4 is 35.0 Å². The Kier molecular flexibility index (Phi) is 6.34. The third-order valence-electron chi connectivity index (χ3n) is 4.63. The molecule has 4 rings (SSSR count). The molecule has 1 N–H and O–H groups in total. The fraction of sp³-hybridized carbons (Fsp3) is 0.0870. The van der Waals surface area contributed by atoms with Crippen LogP contribution in [0.3, 0.4) is 0 Å². The quantitative estimate of drug-likeness (QED) is 0.373. The average molecular weight is 453 g/mol. The number of hydrogen-bond acceptors (Lipinski definition) is 4. The maximum absolute atomic E-state index is 13.2. The molecule has 0 aliphatic carbocycles. The third kappa shape index (κ3) is 4.95. The molecular formula is C23H18ClFN4OS. The summed E-state index contributed by atoms with van der Waals surface area (Å²) in [5.74, 6) is -0.615. The number of anilines is 1. The first-order valence-corrected chi connectivity index (χ1v) is 10.7. The molecule has 0 bridgehead atoms. The molecule has 31 heavy (non-hydrogen) atoms. The summed E-state index contributed by atoms with van der Waals surface area (Å²) in [6, 6.07) is 20.7. The molecule has 0 radical (unpaired) electrons. The summed E-state index contributed by atoms with van der Waals surface area (Å²) >= 11 is 7.56. The molecule has 5 nitrogen and oxygen atoms in total. The number of nitrogens with one attached hydrogen (secondary N) is 1. The number of amides is 1. The number of hydrogen-bond donors (Lipinski definition) is 1. The second-order valence-electron chi connectivity index (χ2n) is 6.82. The molecule has 156 valence electrons. The van der Waals surface area contributed by atoms with Crippen molar-refractivity contribution in [1.82, 2.24) is 14.8 Å². The van der Waals surface area contributed by atoms with Crippen LogP contribution in [-0.2, 0) is 4.79 Å². The zero-order chi connectivity index (χ0) is 21.8. The van der Waals surface area contributed by atoms with Gasteiger partial charge in [-0.3, -0.25) is 9.36 Å². The van der Waals surface area contributed by atoms with Gasteiger partial charge in [0.1, 0.15) is 17.4 Å². The molecule has 0 aliphatic heterocycles. The molecule has 0 fully saturated rings. The van der Waals surface area contributed by atoms with Gasteiger partial charge in [-0.25, -0.2) is 4.39 Å². The monoisotopic (exact) mass is 452 g/mol. The van der Waals surface area contributed by atoms with Gasteiger partial charge in [0.15, 0.2) is 5.16 Å². The van der Waals surface area contributed by atoms with Gasteiger partial charge in [0.05, 0.1) is 5.69 Å². The summed E-state index contributed by atoms with van der Waals surface area (Å²) in [6.45, 7) is 1.93. The lowest BCUT2D eigenvalue weighted by Gasteiger charge is -2.17. The van der Waals surface area contributed by atoms with Gasteiger partial charge >= 0.3 is 0 Å². The molecule has 0 saturated heterocycles. The van der Waals surface area contributed by atoms with E-state index in [2.05, 4.69) is 15.5 Å². The number of aromatic nitrogens is 3. The van der Waals surface area contributed by atoms with Crippen LogP contribution in [0.25, 0.3) is 5.69 Å². The van der Waals surface area contributed by atoms with E-state index in [4.69, 9.17) is 11.6 Å². The van der Waals surface area contributed by atoms with Crippen molar-refractivity contribution in [3.05, 3.63) is 101 Å². The third-order valence-corrected chi connectivity index (χ3v) is 6.24. The lowest BCUT2D eigenvalue weighted by molar-refractivity contribution is -0.115. The second kappa shape index (κ2) is 9.32. The first-order valence-electron chi connectivity index (χ1n) is 9.46. The molecule has 1 amide bonds. The largest absolute Gasteiger partial charge is 0.325 e. The molecule has 0 saturated carbocycles. The van der Waals surface area contributed by atoms with Crippen molar-refractivity contribution in [3.63, 3.8) is 0 Å². The molecule has 1 atom stereocenters. The smallest absolute Gasteiger partial charge is 0.242 e. The van der Waals surface area contributed by atoms with Gasteiger partial charge < -0.3 is 5.32 Å². The molecule has 0 spiro atoms. The summed E-state index contributed by atoms with van der Waals surface area (Å²) in [5.41, 5.74) is 3.09. The highest BCUT2D eigenvalue weighted by Gasteiger charge is 2.25. The van der Waals surface area contributed by atoms with Crippen LogP contribution in [0.15, 0.2) is 84.3 Å². The number of nitrogens with zero attached hydrogens (tertiary/aromatic N) is 3. The first kappa shape index (κ1) is 21.1. The van der Waals surface area contributed by atoms with E-state index in [1.54, 1.807) is 10.9 Å². The van der Waals surface area contributed by atoms with Crippen LogP contribution in [0.1, 0.15) is 16.4 Å². The second-order valence-corrected chi connectivity index (χ2v) is 8.30. The van der Waals surface area contributed by atoms with Crippen molar-refractivity contribution < 1.29 is 9.18 Å². The van der Waals surface area contributed by atoms with Gasteiger partial charge in [0.25, 0.3) is 0 Å². The zero-order valence-corrected chi connectivity index (χ0v) is 18.1. The van der Waals surface area contributed by atoms with Crippen molar-refractivity contribution in [2.75, 3.05) is 5.32 Å². The van der Waals surface area contributed by atoms with Crippen molar-refractivity contribution in [1.29, 1.82) is 0 Å². The van der Waals surface area contributed by atoms with Gasteiger partial charge in [-0.05, 0) is 54.4 Å².